The van der Waals surface area contributed by atoms with E-state index in [1.807, 2.05) is 48.5 Å². The highest BCUT2D eigenvalue weighted by molar-refractivity contribution is 5.42. The molecule has 2 aromatic rings. The molecule has 0 aliphatic carbocycles. The molecule has 0 saturated carbocycles. The van der Waals surface area contributed by atoms with Crippen LogP contribution in [0, 0.1) is 0 Å². The van der Waals surface area contributed by atoms with Gasteiger partial charge in [-0.25, -0.2) is 0 Å². The van der Waals surface area contributed by atoms with Crippen LogP contribution in [-0.4, -0.2) is 6.54 Å². The fraction of sp³-hybridized carbons (Fsp3) is 0.200. The van der Waals surface area contributed by atoms with Gasteiger partial charge in [0, 0.05) is 17.9 Å². The summed E-state index contributed by atoms with van der Waals surface area (Å²) in [5.74, 6) is 0. The zero-order valence-electron chi connectivity index (χ0n) is 10.3. The molecule has 0 spiro atoms. The Morgan fingerprint density at radius 2 is 1.41 bits per heavy atom. The van der Waals surface area contributed by atoms with E-state index < -0.39 is 0 Å². The zero-order valence-corrected chi connectivity index (χ0v) is 10.3. The van der Waals surface area contributed by atoms with Gasteiger partial charge in [0.15, 0.2) is 0 Å². The third-order valence-corrected chi connectivity index (χ3v) is 2.15. The number of hydrogen-bond acceptors (Lipinski definition) is 2. The molecule has 0 bridgehead atoms. The van der Waals surface area contributed by atoms with E-state index in [0.717, 1.165) is 12.2 Å². The number of benzene rings is 2. The number of para-hydroxylation sites is 2. The first-order valence-electron chi connectivity index (χ1n) is 5.92. The first-order chi connectivity index (χ1) is 8.33. The van der Waals surface area contributed by atoms with Crippen molar-refractivity contribution in [2.75, 3.05) is 17.6 Å². The second-order valence-electron chi connectivity index (χ2n) is 3.70. The van der Waals surface area contributed by atoms with E-state index in [1.54, 1.807) is 0 Å². The number of anilines is 2. The summed E-state index contributed by atoms with van der Waals surface area (Å²) in [7, 11) is 0. The van der Waals surface area contributed by atoms with Crippen LogP contribution in [0.25, 0.3) is 0 Å². The summed E-state index contributed by atoms with van der Waals surface area (Å²) in [5, 5.41) is 3.29. The minimum Gasteiger partial charge on any atom is -0.399 e. The van der Waals surface area contributed by atoms with Crippen LogP contribution in [0.4, 0.5) is 11.4 Å². The van der Waals surface area contributed by atoms with Crippen LogP contribution in [0.2, 0.25) is 0 Å². The van der Waals surface area contributed by atoms with E-state index >= 15 is 0 Å². The number of hydrogen-bond donors (Lipinski definition) is 2. The molecular formula is C15H20N2. The molecule has 0 aliphatic rings. The van der Waals surface area contributed by atoms with Crippen LogP contribution in [-0.2, 0) is 0 Å². The molecule has 0 radical (unpaired) electrons. The molecular weight excluding hydrogens is 208 g/mol. The maximum absolute atomic E-state index is 5.36. The summed E-state index contributed by atoms with van der Waals surface area (Å²) in [5.41, 5.74) is 7.39. The first kappa shape index (κ1) is 13.1. The predicted octanol–water partition coefficient (Wildman–Crippen LogP) is 3.78. The van der Waals surface area contributed by atoms with Crippen molar-refractivity contribution in [2.24, 2.45) is 0 Å². The lowest BCUT2D eigenvalue weighted by Gasteiger charge is -2.01. The molecule has 2 rings (SSSR count). The van der Waals surface area contributed by atoms with Crippen molar-refractivity contribution in [1.29, 1.82) is 0 Å². The van der Waals surface area contributed by atoms with Crippen LogP contribution in [0.5, 0.6) is 0 Å². The van der Waals surface area contributed by atoms with E-state index in [-0.39, 0.29) is 0 Å². The van der Waals surface area contributed by atoms with Crippen LogP contribution >= 0.6 is 0 Å². The Labute approximate surface area is 103 Å². The van der Waals surface area contributed by atoms with Gasteiger partial charge in [-0.2, -0.15) is 0 Å². The molecule has 0 aliphatic heterocycles. The molecule has 3 N–H and O–H groups in total. The summed E-state index contributed by atoms with van der Waals surface area (Å²) in [4.78, 5) is 0. The Kier molecular flexibility index (Phi) is 6.34. The summed E-state index contributed by atoms with van der Waals surface area (Å²) < 4.78 is 0. The molecule has 0 atom stereocenters. The molecule has 2 heteroatoms. The number of nitrogens with two attached hydrogens (primary N) is 1. The molecule has 0 amide bonds. The Morgan fingerprint density at radius 1 is 0.882 bits per heavy atom. The molecule has 17 heavy (non-hydrogen) atoms. The molecule has 2 aromatic carbocycles. The van der Waals surface area contributed by atoms with E-state index in [2.05, 4.69) is 24.4 Å². The van der Waals surface area contributed by atoms with Crippen LogP contribution in [0.1, 0.15) is 13.3 Å². The molecule has 0 saturated heterocycles. The van der Waals surface area contributed by atoms with Crippen molar-refractivity contribution in [2.45, 2.75) is 13.3 Å². The normalized spacial score (nSPS) is 9.00. The van der Waals surface area contributed by atoms with Crippen molar-refractivity contribution in [1.82, 2.24) is 0 Å². The topological polar surface area (TPSA) is 38.0 Å². The largest absolute Gasteiger partial charge is 0.399 e. The molecule has 2 nitrogen and oxygen atoms in total. The van der Waals surface area contributed by atoms with Gasteiger partial charge >= 0.3 is 0 Å². The maximum Gasteiger partial charge on any atom is 0.0340 e. The lowest BCUT2D eigenvalue weighted by atomic mass is 10.3. The zero-order chi connectivity index (χ0) is 12.3. The summed E-state index contributed by atoms with van der Waals surface area (Å²) in [6.45, 7) is 3.22. The van der Waals surface area contributed by atoms with Crippen molar-refractivity contribution >= 4 is 11.4 Å². The summed E-state index contributed by atoms with van der Waals surface area (Å²) in [6.07, 6.45) is 1.18. The predicted molar refractivity (Wildman–Crippen MR) is 76.1 cm³/mol. The SMILES string of the molecule is CCCNc1ccccc1.Nc1ccccc1. The standard InChI is InChI=1S/C9H13N.C6H7N/c1-2-8-10-9-6-4-3-5-7-9;7-6-4-2-1-3-5-6/h3-7,10H,2,8H2,1H3;1-5H,7H2. The van der Waals surface area contributed by atoms with E-state index in [9.17, 15) is 0 Å². The maximum atomic E-state index is 5.36. The second-order valence-corrected chi connectivity index (χ2v) is 3.70. The highest BCUT2D eigenvalue weighted by Gasteiger charge is 1.84. The lowest BCUT2D eigenvalue weighted by molar-refractivity contribution is 0.980. The average molecular weight is 228 g/mol. The van der Waals surface area contributed by atoms with Gasteiger partial charge < -0.3 is 11.1 Å². The third kappa shape index (κ3) is 6.25. The Morgan fingerprint density at radius 3 is 1.82 bits per heavy atom. The van der Waals surface area contributed by atoms with Gasteiger partial charge in [0.25, 0.3) is 0 Å². The van der Waals surface area contributed by atoms with E-state index in [0.29, 0.717) is 0 Å². The Bertz CT molecular complexity index is 384. The van der Waals surface area contributed by atoms with Crippen molar-refractivity contribution in [3.63, 3.8) is 0 Å². The van der Waals surface area contributed by atoms with Gasteiger partial charge in [-0.1, -0.05) is 43.3 Å². The van der Waals surface area contributed by atoms with Gasteiger partial charge in [0.1, 0.15) is 0 Å². The quantitative estimate of drug-likeness (QED) is 0.785. The summed E-state index contributed by atoms with van der Waals surface area (Å²) >= 11 is 0. The molecule has 90 valence electrons. The monoisotopic (exact) mass is 228 g/mol. The minimum absolute atomic E-state index is 0.822. The van der Waals surface area contributed by atoms with Crippen molar-refractivity contribution in [3.05, 3.63) is 60.7 Å². The number of nitrogen functional groups attached to an aromatic ring is 1. The highest BCUT2D eigenvalue weighted by atomic mass is 14.9. The number of nitrogens with one attached hydrogen (secondary N) is 1. The van der Waals surface area contributed by atoms with Gasteiger partial charge in [0.2, 0.25) is 0 Å². The second kappa shape index (κ2) is 8.22. The fourth-order valence-corrected chi connectivity index (χ4v) is 1.28. The van der Waals surface area contributed by atoms with Crippen LogP contribution in [0.15, 0.2) is 60.7 Å². The first-order valence-corrected chi connectivity index (χ1v) is 5.92. The van der Waals surface area contributed by atoms with Crippen molar-refractivity contribution in [3.8, 4) is 0 Å². The Hall–Kier alpha value is -1.96. The fourth-order valence-electron chi connectivity index (χ4n) is 1.28. The lowest BCUT2D eigenvalue weighted by Crippen LogP contribution is -1.98. The van der Waals surface area contributed by atoms with Gasteiger partial charge in [-0.05, 0) is 30.7 Å². The Balaban J connectivity index is 0.000000181. The third-order valence-electron chi connectivity index (χ3n) is 2.15. The molecule has 0 fully saturated rings. The van der Waals surface area contributed by atoms with Crippen LogP contribution in [0.3, 0.4) is 0 Å². The van der Waals surface area contributed by atoms with Gasteiger partial charge in [0.05, 0.1) is 0 Å². The van der Waals surface area contributed by atoms with Crippen LogP contribution < -0.4 is 11.1 Å². The van der Waals surface area contributed by atoms with E-state index in [4.69, 9.17) is 5.73 Å². The highest BCUT2D eigenvalue weighted by Crippen LogP contribution is 2.03. The van der Waals surface area contributed by atoms with Crippen molar-refractivity contribution < 1.29 is 0 Å². The molecule has 0 aromatic heterocycles. The van der Waals surface area contributed by atoms with Gasteiger partial charge in [-0.3, -0.25) is 0 Å². The average Bonchev–Trinajstić information content (AvgIpc) is 2.39. The molecule has 0 unspecified atom stereocenters. The number of rotatable bonds is 3. The minimum atomic E-state index is 0.822. The molecule has 0 heterocycles. The van der Waals surface area contributed by atoms with E-state index in [1.165, 1.54) is 12.1 Å². The summed E-state index contributed by atoms with van der Waals surface area (Å²) in [6, 6.07) is 19.7. The van der Waals surface area contributed by atoms with Gasteiger partial charge in [-0.15, -0.1) is 0 Å². The smallest absolute Gasteiger partial charge is 0.0340 e.